The Bertz CT molecular complexity index is 976. The highest BCUT2D eigenvalue weighted by Crippen LogP contribution is 2.34. The number of hydrogen-bond acceptors (Lipinski definition) is 6. The third-order valence-electron chi connectivity index (χ3n) is 5.53. The van der Waals surface area contributed by atoms with Crippen LogP contribution >= 0.6 is 0 Å². The second-order valence-corrected chi connectivity index (χ2v) is 7.77. The van der Waals surface area contributed by atoms with Crippen LogP contribution in [0.5, 0.6) is 11.5 Å². The molecule has 0 radical (unpaired) electrons. The Morgan fingerprint density at radius 3 is 2.70 bits per heavy atom. The lowest BCUT2D eigenvalue weighted by atomic mass is 10.0. The van der Waals surface area contributed by atoms with E-state index in [2.05, 4.69) is 40.8 Å². The molecule has 2 aliphatic rings. The van der Waals surface area contributed by atoms with Crippen molar-refractivity contribution in [2.45, 2.75) is 12.5 Å². The molecule has 2 aromatic rings. The molecule has 8 nitrogen and oxygen atoms in total. The molecule has 2 aromatic carbocycles. The zero-order chi connectivity index (χ0) is 21.3. The monoisotopic (exact) mass is 410 g/mol. The summed E-state index contributed by atoms with van der Waals surface area (Å²) in [7, 11) is 6.01. The third-order valence-corrected chi connectivity index (χ3v) is 5.53. The Hall–Kier alpha value is -3.26. The van der Waals surface area contributed by atoms with Crippen LogP contribution in [-0.4, -0.2) is 57.7 Å². The molecule has 2 N–H and O–H groups in total. The summed E-state index contributed by atoms with van der Waals surface area (Å²) in [6, 6.07) is 11.4. The zero-order valence-electron chi connectivity index (χ0n) is 17.4. The predicted octanol–water partition coefficient (Wildman–Crippen LogP) is 1.77. The van der Waals surface area contributed by atoms with E-state index in [9.17, 15) is 9.59 Å². The van der Waals surface area contributed by atoms with Gasteiger partial charge in [-0.3, -0.25) is 9.59 Å². The van der Waals surface area contributed by atoms with E-state index in [-0.39, 0.29) is 12.8 Å². The summed E-state index contributed by atoms with van der Waals surface area (Å²) in [5.74, 6) is -0.239. The number of hydrogen-bond donors (Lipinski definition) is 2. The summed E-state index contributed by atoms with van der Waals surface area (Å²) in [5.41, 5.74) is 4.16. The molecule has 30 heavy (non-hydrogen) atoms. The molecule has 0 bridgehead atoms. The van der Waals surface area contributed by atoms with Crippen LogP contribution in [0.3, 0.4) is 0 Å². The second-order valence-electron chi connectivity index (χ2n) is 7.77. The first-order valence-electron chi connectivity index (χ1n) is 9.91. The van der Waals surface area contributed by atoms with E-state index in [0.29, 0.717) is 23.7 Å². The van der Waals surface area contributed by atoms with Gasteiger partial charge in [0.15, 0.2) is 11.5 Å². The third kappa shape index (κ3) is 4.04. The standard InChI is InChI=1S/C22H26N4O4/c1-25(2)18(14-4-6-17-15(10-14)8-9-26(17)3)12-23-21(27)22(28)24-16-5-7-19-20(11-16)30-13-29-19/h4-7,10-11,18H,8-9,12-13H2,1-3H3,(H,23,27)(H,24,28). The molecule has 8 heteroatoms. The molecular formula is C22H26N4O4. The lowest BCUT2D eigenvalue weighted by molar-refractivity contribution is -0.136. The molecule has 4 rings (SSSR count). The average Bonchev–Trinajstić information content (AvgIpc) is 3.33. The van der Waals surface area contributed by atoms with Crippen molar-refractivity contribution in [3.63, 3.8) is 0 Å². The number of ether oxygens (including phenoxy) is 2. The number of carbonyl (C=O) groups excluding carboxylic acids is 2. The normalized spacial score (nSPS) is 15.1. The van der Waals surface area contributed by atoms with Crippen LogP contribution in [0.1, 0.15) is 17.2 Å². The maximum absolute atomic E-state index is 12.4. The van der Waals surface area contributed by atoms with Crippen molar-refractivity contribution in [1.82, 2.24) is 10.2 Å². The molecule has 0 fully saturated rings. The number of nitrogens with one attached hydrogen (secondary N) is 2. The van der Waals surface area contributed by atoms with Crippen LogP contribution in [0.15, 0.2) is 36.4 Å². The number of amides is 2. The summed E-state index contributed by atoms with van der Waals surface area (Å²) in [4.78, 5) is 29.0. The Morgan fingerprint density at radius 2 is 1.90 bits per heavy atom. The molecule has 1 atom stereocenters. The predicted molar refractivity (Wildman–Crippen MR) is 114 cm³/mol. The van der Waals surface area contributed by atoms with Crippen LogP contribution < -0.4 is 25.0 Å². The quantitative estimate of drug-likeness (QED) is 0.731. The van der Waals surface area contributed by atoms with Gasteiger partial charge in [0.1, 0.15) is 0 Å². The van der Waals surface area contributed by atoms with Gasteiger partial charge in [-0.15, -0.1) is 0 Å². The van der Waals surface area contributed by atoms with E-state index >= 15 is 0 Å². The molecule has 2 heterocycles. The first-order valence-corrected chi connectivity index (χ1v) is 9.91. The number of anilines is 2. The number of benzene rings is 2. The van der Waals surface area contributed by atoms with Gasteiger partial charge in [0.05, 0.1) is 6.04 Å². The van der Waals surface area contributed by atoms with Gasteiger partial charge >= 0.3 is 11.8 Å². The summed E-state index contributed by atoms with van der Waals surface area (Å²) in [6.45, 7) is 1.50. The van der Waals surface area contributed by atoms with Gasteiger partial charge in [0.2, 0.25) is 6.79 Å². The molecule has 2 aliphatic heterocycles. The van der Waals surface area contributed by atoms with Crippen LogP contribution in [0.4, 0.5) is 11.4 Å². The van der Waals surface area contributed by atoms with Crippen LogP contribution in [-0.2, 0) is 16.0 Å². The number of rotatable bonds is 5. The molecule has 0 spiro atoms. The smallest absolute Gasteiger partial charge is 0.313 e. The maximum Gasteiger partial charge on any atom is 0.313 e. The van der Waals surface area contributed by atoms with E-state index in [1.807, 2.05) is 19.0 Å². The first-order chi connectivity index (χ1) is 14.4. The summed E-state index contributed by atoms with van der Waals surface area (Å²) in [5, 5.41) is 5.35. The highest BCUT2D eigenvalue weighted by atomic mass is 16.7. The van der Waals surface area contributed by atoms with Crippen molar-refractivity contribution in [1.29, 1.82) is 0 Å². The van der Waals surface area contributed by atoms with Crippen molar-refractivity contribution >= 4 is 23.2 Å². The highest BCUT2D eigenvalue weighted by Gasteiger charge is 2.22. The van der Waals surface area contributed by atoms with E-state index in [4.69, 9.17) is 9.47 Å². The molecule has 2 amide bonds. The van der Waals surface area contributed by atoms with Gasteiger partial charge in [-0.25, -0.2) is 0 Å². The fourth-order valence-corrected chi connectivity index (χ4v) is 3.82. The molecule has 0 aromatic heterocycles. The molecular weight excluding hydrogens is 384 g/mol. The number of likely N-dealkylation sites (N-methyl/N-ethyl adjacent to an activating group) is 2. The minimum Gasteiger partial charge on any atom is -0.454 e. The van der Waals surface area contributed by atoms with Crippen molar-refractivity contribution in [2.75, 3.05) is 51.2 Å². The Labute approximate surface area is 175 Å². The molecule has 158 valence electrons. The zero-order valence-corrected chi connectivity index (χ0v) is 17.4. The van der Waals surface area contributed by atoms with Crippen LogP contribution in [0.2, 0.25) is 0 Å². The number of fused-ring (bicyclic) bond motifs is 2. The van der Waals surface area contributed by atoms with Crippen LogP contribution in [0, 0.1) is 0 Å². The van der Waals surface area contributed by atoms with E-state index in [1.54, 1.807) is 18.2 Å². The van der Waals surface area contributed by atoms with E-state index in [1.165, 1.54) is 11.3 Å². The number of nitrogens with zero attached hydrogens (tertiary/aromatic N) is 2. The van der Waals surface area contributed by atoms with Crippen molar-refractivity contribution in [3.8, 4) is 11.5 Å². The summed E-state index contributed by atoms with van der Waals surface area (Å²) >= 11 is 0. The topological polar surface area (TPSA) is 83.1 Å². The molecule has 1 unspecified atom stereocenters. The lowest BCUT2D eigenvalue weighted by Gasteiger charge is -2.26. The maximum atomic E-state index is 12.4. The minimum absolute atomic E-state index is 0.0384. The van der Waals surface area contributed by atoms with Crippen molar-refractivity contribution < 1.29 is 19.1 Å². The largest absolute Gasteiger partial charge is 0.454 e. The number of carbonyl (C=O) groups is 2. The van der Waals surface area contributed by atoms with Crippen LogP contribution in [0.25, 0.3) is 0 Å². The fourth-order valence-electron chi connectivity index (χ4n) is 3.82. The van der Waals surface area contributed by atoms with E-state index < -0.39 is 11.8 Å². The molecule has 0 saturated heterocycles. The second kappa shape index (κ2) is 8.23. The highest BCUT2D eigenvalue weighted by molar-refractivity contribution is 6.39. The van der Waals surface area contributed by atoms with Gasteiger partial charge in [0, 0.05) is 37.6 Å². The SMILES string of the molecule is CN1CCc2cc(C(CNC(=O)C(=O)Nc3ccc4c(c3)OCO4)N(C)C)ccc21. The van der Waals surface area contributed by atoms with Gasteiger partial charge in [0.25, 0.3) is 0 Å². The lowest BCUT2D eigenvalue weighted by Crippen LogP contribution is -2.40. The van der Waals surface area contributed by atoms with Gasteiger partial charge < -0.3 is 29.9 Å². The van der Waals surface area contributed by atoms with Gasteiger partial charge in [-0.2, -0.15) is 0 Å². The Kier molecular flexibility index (Phi) is 5.50. The van der Waals surface area contributed by atoms with Gasteiger partial charge in [-0.1, -0.05) is 12.1 Å². The Morgan fingerprint density at radius 1 is 1.10 bits per heavy atom. The fraction of sp³-hybridized carbons (Fsp3) is 0.364. The van der Waals surface area contributed by atoms with Crippen molar-refractivity contribution in [2.24, 2.45) is 0 Å². The summed E-state index contributed by atoms with van der Waals surface area (Å²) in [6.07, 6.45) is 1.02. The summed E-state index contributed by atoms with van der Waals surface area (Å²) < 4.78 is 10.5. The molecule has 0 aliphatic carbocycles. The van der Waals surface area contributed by atoms with Crippen molar-refractivity contribution in [3.05, 3.63) is 47.5 Å². The van der Waals surface area contributed by atoms with E-state index in [0.717, 1.165) is 18.5 Å². The van der Waals surface area contributed by atoms with Gasteiger partial charge in [-0.05, 0) is 49.8 Å². The Balaban J connectivity index is 1.38. The minimum atomic E-state index is -0.720. The average molecular weight is 410 g/mol. The molecule has 0 saturated carbocycles. The first kappa shape index (κ1) is 20.0.